The first-order chi connectivity index (χ1) is 10.2. The van der Waals surface area contributed by atoms with Gasteiger partial charge in [0.05, 0.1) is 0 Å². The number of ether oxygens (including phenoxy) is 1. The number of rotatable bonds is 5. The van der Waals surface area contributed by atoms with Gasteiger partial charge in [0.2, 0.25) is 0 Å². The van der Waals surface area contributed by atoms with Gasteiger partial charge in [0.15, 0.2) is 0 Å². The van der Waals surface area contributed by atoms with Crippen molar-refractivity contribution in [3.8, 4) is 0 Å². The molecule has 0 aliphatic rings. The van der Waals surface area contributed by atoms with E-state index in [1.807, 2.05) is 48.6 Å². The van der Waals surface area contributed by atoms with E-state index in [0.29, 0.717) is 12.4 Å². The number of aromatic nitrogens is 1. The normalized spacial score (nSPS) is 10.5. The lowest BCUT2D eigenvalue weighted by molar-refractivity contribution is 0.141. The maximum atomic E-state index is 11.5. The fourth-order valence-electron chi connectivity index (χ4n) is 1.63. The number of nitrogens with one attached hydrogen (secondary N) is 1. The molecule has 0 spiro atoms. The Labute approximate surface area is 123 Å². The van der Waals surface area contributed by atoms with Crippen LogP contribution in [0.1, 0.15) is 11.1 Å². The second-order valence-electron chi connectivity index (χ2n) is 4.36. The van der Waals surface area contributed by atoms with Crippen LogP contribution in [0.5, 0.6) is 0 Å². The zero-order valence-corrected chi connectivity index (χ0v) is 11.5. The maximum absolute atomic E-state index is 11.5. The number of carbonyl (C=O) groups is 1. The molecule has 0 bridgehead atoms. The van der Waals surface area contributed by atoms with E-state index in [4.69, 9.17) is 10.5 Å². The van der Waals surface area contributed by atoms with Gasteiger partial charge in [0.1, 0.15) is 12.4 Å². The number of alkyl carbamates (subject to hydrolysis) is 1. The van der Waals surface area contributed by atoms with Gasteiger partial charge in [-0.05, 0) is 23.3 Å². The van der Waals surface area contributed by atoms with Crippen molar-refractivity contribution in [3.63, 3.8) is 0 Å². The van der Waals surface area contributed by atoms with Crippen molar-refractivity contribution in [2.75, 3.05) is 12.3 Å². The fourth-order valence-corrected chi connectivity index (χ4v) is 1.63. The van der Waals surface area contributed by atoms with Crippen LogP contribution < -0.4 is 11.1 Å². The predicted molar refractivity (Wildman–Crippen MR) is 82.3 cm³/mol. The van der Waals surface area contributed by atoms with Crippen molar-refractivity contribution in [1.29, 1.82) is 0 Å². The van der Waals surface area contributed by atoms with Gasteiger partial charge in [0.25, 0.3) is 0 Å². The first-order valence-electron chi connectivity index (χ1n) is 6.56. The zero-order chi connectivity index (χ0) is 14.9. The Morgan fingerprint density at radius 1 is 1.24 bits per heavy atom. The van der Waals surface area contributed by atoms with Crippen LogP contribution in [0.2, 0.25) is 0 Å². The number of pyridine rings is 1. The van der Waals surface area contributed by atoms with E-state index >= 15 is 0 Å². The van der Waals surface area contributed by atoms with Crippen molar-refractivity contribution in [1.82, 2.24) is 10.3 Å². The summed E-state index contributed by atoms with van der Waals surface area (Å²) in [6.45, 7) is 0.649. The summed E-state index contributed by atoms with van der Waals surface area (Å²) >= 11 is 0. The van der Waals surface area contributed by atoms with E-state index in [-0.39, 0.29) is 6.61 Å². The van der Waals surface area contributed by atoms with Gasteiger partial charge in [-0.3, -0.25) is 0 Å². The number of nitrogens with zero attached hydrogens (tertiary/aromatic N) is 1. The van der Waals surface area contributed by atoms with Crippen LogP contribution in [0.3, 0.4) is 0 Å². The molecule has 1 heterocycles. The molecule has 0 saturated carbocycles. The monoisotopic (exact) mass is 283 g/mol. The quantitative estimate of drug-likeness (QED) is 0.884. The van der Waals surface area contributed by atoms with Gasteiger partial charge in [-0.25, -0.2) is 9.78 Å². The molecule has 3 N–H and O–H groups in total. The number of anilines is 1. The molecule has 21 heavy (non-hydrogen) atoms. The van der Waals surface area contributed by atoms with Gasteiger partial charge in [-0.1, -0.05) is 42.5 Å². The topological polar surface area (TPSA) is 77.2 Å². The second-order valence-corrected chi connectivity index (χ2v) is 4.36. The molecule has 108 valence electrons. The Kier molecular flexibility index (Phi) is 5.34. The lowest BCUT2D eigenvalue weighted by Gasteiger charge is -2.05. The summed E-state index contributed by atoms with van der Waals surface area (Å²) in [5.74, 6) is 0.481. The molecule has 5 nitrogen and oxygen atoms in total. The Hall–Kier alpha value is -2.82. The Morgan fingerprint density at radius 2 is 2.05 bits per heavy atom. The molecule has 1 aromatic heterocycles. The molecular formula is C16H17N3O2. The molecule has 0 aliphatic carbocycles. The smallest absolute Gasteiger partial charge is 0.407 e. The van der Waals surface area contributed by atoms with Gasteiger partial charge >= 0.3 is 6.09 Å². The van der Waals surface area contributed by atoms with E-state index in [0.717, 1.165) is 11.1 Å². The molecule has 0 saturated heterocycles. The number of hydrogen-bond donors (Lipinski definition) is 2. The Balaban J connectivity index is 1.68. The molecule has 5 heteroatoms. The Morgan fingerprint density at radius 3 is 2.76 bits per heavy atom. The molecule has 0 radical (unpaired) electrons. The van der Waals surface area contributed by atoms with Crippen LogP contribution in [0.25, 0.3) is 6.08 Å². The predicted octanol–water partition coefficient (Wildman–Crippen LogP) is 2.60. The number of carbonyl (C=O) groups excluding carboxylic acids is 1. The summed E-state index contributed by atoms with van der Waals surface area (Å²) in [4.78, 5) is 15.4. The third-order valence-corrected chi connectivity index (χ3v) is 2.70. The van der Waals surface area contributed by atoms with Crippen LogP contribution in [-0.4, -0.2) is 17.6 Å². The van der Waals surface area contributed by atoms with Gasteiger partial charge in [0, 0.05) is 12.7 Å². The third-order valence-electron chi connectivity index (χ3n) is 2.70. The summed E-state index contributed by atoms with van der Waals surface area (Å²) in [5, 5.41) is 2.64. The molecule has 0 fully saturated rings. The summed E-state index contributed by atoms with van der Waals surface area (Å²) in [6, 6.07) is 13.1. The van der Waals surface area contributed by atoms with Crippen molar-refractivity contribution in [2.45, 2.75) is 6.61 Å². The average Bonchev–Trinajstić information content (AvgIpc) is 2.52. The number of nitrogen functional groups attached to an aromatic ring is 1. The lowest BCUT2D eigenvalue weighted by atomic mass is 10.2. The average molecular weight is 283 g/mol. The van der Waals surface area contributed by atoms with Gasteiger partial charge in [-0.15, -0.1) is 0 Å². The maximum Gasteiger partial charge on any atom is 0.407 e. The highest BCUT2D eigenvalue weighted by Crippen LogP contribution is 2.03. The van der Waals surface area contributed by atoms with Gasteiger partial charge < -0.3 is 15.8 Å². The van der Waals surface area contributed by atoms with Crippen LogP contribution in [0.4, 0.5) is 10.6 Å². The standard InChI is InChI=1S/C16H17N3O2/c17-15-9-8-13(11-19-15)7-4-10-18-16(20)21-12-14-5-2-1-3-6-14/h1-9,11H,10,12H2,(H2,17,19)(H,18,20). The zero-order valence-electron chi connectivity index (χ0n) is 11.5. The lowest BCUT2D eigenvalue weighted by Crippen LogP contribution is -2.24. The molecule has 1 amide bonds. The molecule has 2 rings (SSSR count). The third kappa shape index (κ3) is 5.36. The summed E-state index contributed by atoms with van der Waals surface area (Å²) in [6.07, 6.45) is 4.89. The fraction of sp³-hybridized carbons (Fsp3) is 0.125. The van der Waals surface area contributed by atoms with Crippen LogP contribution in [0.15, 0.2) is 54.7 Å². The molecule has 2 aromatic rings. The molecule has 0 unspecified atom stereocenters. The molecule has 0 atom stereocenters. The van der Waals surface area contributed by atoms with Crippen molar-refractivity contribution in [3.05, 3.63) is 65.9 Å². The highest BCUT2D eigenvalue weighted by Gasteiger charge is 2.00. The SMILES string of the molecule is Nc1ccc(C=CCNC(=O)OCc2ccccc2)cn1. The van der Waals surface area contributed by atoms with E-state index < -0.39 is 6.09 Å². The number of nitrogens with two attached hydrogens (primary N) is 1. The number of benzene rings is 1. The van der Waals surface area contributed by atoms with Crippen LogP contribution >= 0.6 is 0 Å². The summed E-state index contributed by atoms with van der Waals surface area (Å²) in [5.41, 5.74) is 7.37. The Bertz CT molecular complexity index is 595. The minimum Gasteiger partial charge on any atom is -0.445 e. The number of hydrogen-bond acceptors (Lipinski definition) is 4. The first-order valence-corrected chi connectivity index (χ1v) is 6.56. The summed E-state index contributed by atoms with van der Waals surface area (Å²) in [7, 11) is 0. The minimum atomic E-state index is -0.445. The van der Waals surface area contributed by atoms with E-state index in [1.54, 1.807) is 12.3 Å². The number of amides is 1. The molecule has 1 aromatic carbocycles. The highest BCUT2D eigenvalue weighted by atomic mass is 16.5. The van der Waals surface area contributed by atoms with Crippen LogP contribution in [-0.2, 0) is 11.3 Å². The van der Waals surface area contributed by atoms with E-state index in [2.05, 4.69) is 10.3 Å². The van der Waals surface area contributed by atoms with E-state index in [1.165, 1.54) is 0 Å². The largest absolute Gasteiger partial charge is 0.445 e. The van der Waals surface area contributed by atoms with Crippen molar-refractivity contribution >= 4 is 18.0 Å². The minimum absolute atomic E-state index is 0.262. The highest BCUT2D eigenvalue weighted by molar-refractivity contribution is 5.67. The van der Waals surface area contributed by atoms with Crippen molar-refractivity contribution < 1.29 is 9.53 Å². The summed E-state index contributed by atoms with van der Waals surface area (Å²) < 4.78 is 5.08. The van der Waals surface area contributed by atoms with Crippen LogP contribution in [0, 0.1) is 0 Å². The van der Waals surface area contributed by atoms with Gasteiger partial charge in [-0.2, -0.15) is 0 Å². The second kappa shape index (κ2) is 7.69. The molecular weight excluding hydrogens is 266 g/mol. The van der Waals surface area contributed by atoms with E-state index in [9.17, 15) is 4.79 Å². The first kappa shape index (κ1) is 14.6. The molecule has 0 aliphatic heterocycles. The van der Waals surface area contributed by atoms with Crippen molar-refractivity contribution in [2.24, 2.45) is 0 Å².